The standard InChI is InChI=1S/C18H17N3O3/c1-3-23-15-10-8-14(9-11-15)19-16(22)18-21-20-17(24-18)13-6-4-12(2)5-7-13/h4-11H,3H2,1-2H3,(H,19,22). The number of carbonyl (C=O) groups is 1. The van der Waals surface area contributed by atoms with Gasteiger partial charge in [-0.1, -0.05) is 17.7 Å². The average molecular weight is 323 g/mol. The van der Waals surface area contributed by atoms with E-state index in [1.165, 1.54) is 0 Å². The van der Waals surface area contributed by atoms with Crippen molar-refractivity contribution in [3.05, 3.63) is 60.0 Å². The van der Waals surface area contributed by atoms with Gasteiger partial charge in [0.1, 0.15) is 5.75 Å². The molecule has 0 aliphatic carbocycles. The van der Waals surface area contributed by atoms with Crippen molar-refractivity contribution in [3.8, 4) is 17.2 Å². The van der Waals surface area contributed by atoms with Crippen LogP contribution in [0.1, 0.15) is 23.2 Å². The SMILES string of the molecule is CCOc1ccc(NC(=O)c2nnc(-c3ccc(C)cc3)o2)cc1. The molecular weight excluding hydrogens is 306 g/mol. The van der Waals surface area contributed by atoms with Gasteiger partial charge in [-0.05, 0) is 50.2 Å². The third kappa shape index (κ3) is 3.60. The van der Waals surface area contributed by atoms with Crippen LogP contribution in [0.25, 0.3) is 11.5 Å². The second-order valence-electron chi connectivity index (χ2n) is 5.19. The summed E-state index contributed by atoms with van der Waals surface area (Å²) < 4.78 is 10.8. The van der Waals surface area contributed by atoms with Gasteiger partial charge in [0.2, 0.25) is 5.89 Å². The maximum absolute atomic E-state index is 12.2. The highest BCUT2D eigenvalue weighted by Crippen LogP contribution is 2.20. The molecule has 0 atom stereocenters. The van der Waals surface area contributed by atoms with E-state index in [4.69, 9.17) is 9.15 Å². The number of hydrogen-bond acceptors (Lipinski definition) is 5. The van der Waals surface area contributed by atoms with Crippen LogP contribution in [-0.2, 0) is 0 Å². The zero-order valence-electron chi connectivity index (χ0n) is 13.4. The zero-order valence-corrected chi connectivity index (χ0v) is 13.4. The van der Waals surface area contributed by atoms with Crippen molar-refractivity contribution in [1.29, 1.82) is 0 Å². The van der Waals surface area contributed by atoms with Gasteiger partial charge in [0.05, 0.1) is 6.61 Å². The van der Waals surface area contributed by atoms with Gasteiger partial charge < -0.3 is 14.5 Å². The number of hydrogen-bond donors (Lipinski definition) is 1. The van der Waals surface area contributed by atoms with E-state index < -0.39 is 5.91 Å². The molecule has 24 heavy (non-hydrogen) atoms. The zero-order chi connectivity index (χ0) is 16.9. The largest absolute Gasteiger partial charge is 0.494 e. The number of amides is 1. The fourth-order valence-electron chi connectivity index (χ4n) is 2.11. The van der Waals surface area contributed by atoms with Crippen LogP contribution in [0.3, 0.4) is 0 Å². The predicted octanol–water partition coefficient (Wildman–Crippen LogP) is 3.70. The minimum Gasteiger partial charge on any atom is -0.494 e. The van der Waals surface area contributed by atoms with Crippen LogP contribution >= 0.6 is 0 Å². The Labute approximate surface area is 139 Å². The molecule has 122 valence electrons. The van der Waals surface area contributed by atoms with Gasteiger partial charge in [0.15, 0.2) is 0 Å². The van der Waals surface area contributed by atoms with Crippen molar-refractivity contribution in [2.45, 2.75) is 13.8 Å². The van der Waals surface area contributed by atoms with Gasteiger partial charge in [-0.15, -0.1) is 10.2 Å². The van der Waals surface area contributed by atoms with E-state index in [1.807, 2.05) is 38.1 Å². The third-order valence-electron chi connectivity index (χ3n) is 3.34. The van der Waals surface area contributed by atoms with Gasteiger partial charge >= 0.3 is 11.8 Å². The summed E-state index contributed by atoms with van der Waals surface area (Å²) in [4.78, 5) is 12.2. The predicted molar refractivity (Wildman–Crippen MR) is 90.0 cm³/mol. The maximum Gasteiger partial charge on any atom is 0.313 e. The maximum atomic E-state index is 12.2. The van der Waals surface area contributed by atoms with Crippen LogP contribution in [0.2, 0.25) is 0 Å². The Morgan fingerprint density at radius 3 is 2.46 bits per heavy atom. The molecule has 1 heterocycles. The number of nitrogens with zero attached hydrogens (tertiary/aromatic N) is 2. The molecule has 0 radical (unpaired) electrons. The molecule has 0 saturated heterocycles. The summed E-state index contributed by atoms with van der Waals surface area (Å²) in [6.07, 6.45) is 0. The van der Waals surface area contributed by atoms with Crippen LogP contribution < -0.4 is 10.1 Å². The van der Waals surface area contributed by atoms with Gasteiger partial charge in [-0.3, -0.25) is 4.79 Å². The number of rotatable bonds is 5. The first-order valence-corrected chi connectivity index (χ1v) is 7.60. The number of anilines is 1. The highest BCUT2D eigenvalue weighted by atomic mass is 16.5. The van der Waals surface area contributed by atoms with Crippen molar-refractivity contribution in [2.24, 2.45) is 0 Å². The Morgan fingerprint density at radius 1 is 1.08 bits per heavy atom. The summed E-state index contributed by atoms with van der Waals surface area (Å²) in [7, 11) is 0. The number of carbonyl (C=O) groups excluding carboxylic acids is 1. The first-order chi connectivity index (χ1) is 11.7. The average Bonchev–Trinajstić information content (AvgIpc) is 3.08. The summed E-state index contributed by atoms with van der Waals surface area (Å²) >= 11 is 0. The number of aryl methyl sites for hydroxylation is 1. The number of benzene rings is 2. The number of aromatic nitrogens is 2. The Kier molecular flexibility index (Phi) is 4.56. The summed E-state index contributed by atoms with van der Waals surface area (Å²) in [5, 5.41) is 10.4. The molecule has 0 fully saturated rings. The lowest BCUT2D eigenvalue weighted by atomic mass is 10.1. The smallest absolute Gasteiger partial charge is 0.313 e. The first kappa shape index (κ1) is 15.7. The Bertz CT molecular complexity index is 823. The molecule has 0 aliphatic heterocycles. The van der Waals surface area contributed by atoms with Gasteiger partial charge in [-0.2, -0.15) is 0 Å². The Hall–Kier alpha value is -3.15. The van der Waals surface area contributed by atoms with E-state index in [-0.39, 0.29) is 5.89 Å². The molecule has 0 aliphatic rings. The fourth-order valence-corrected chi connectivity index (χ4v) is 2.11. The van der Waals surface area contributed by atoms with Crippen molar-refractivity contribution >= 4 is 11.6 Å². The van der Waals surface area contributed by atoms with Crippen LogP contribution in [0.5, 0.6) is 5.75 Å². The molecule has 6 nitrogen and oxygen atoms in total. The van der Waals surface area contributed by atoms with E-state index in [2.05, 4.69) is 15.5 Å². The number of ether oxygens (including phenoxy) is 1. The molecule has 1 amide bonds. The molecule has 3 aromatic rings. The molecule has 6 heteroatoms. The fraction of sp³-hybridized carbons (Fsp3) is 0.167. The lowest BCUT2D eigenvalue weighted by Crippen LogP contribution is -2.12. The van der Waals surface area contributed by atoms with Gasteiger partial charge in [-0.25, -0.2) is 0 Å². The van der Waals surface area contributed by atoms with Crippen LogP contribution in [0.4, 0.5) is 5.69 Å². The number of nitrogens with one attached hydrogen (secondary N) is 1. The molecule has 0 saturated carbocycles. The minimum atomic E-state index is -0.454. The van der Waals surface area contributed by atoms with Crippen molar-refractivity contribution in [1.82, 2.24) is 10.2 Å². The topological polar surface area (TPSA) is 77.2 Å². The highest BCUT2D eigenvalue weighted by molar-refractivity contribution is 6.00. The van der Waals surface area contributed by atoms with E-state index in [0.717, 1.165) is 16.9 Å². The third-order valence-corrected chi connectivity index (χ3v) is 3.34. The lowest BCUT2D eigenvalue weighted by molar-refractivity contribution is 0.0991. The summed E-state index contributed by atoms with van der Waals surface area (Å²) in [6.45, 7) is 4.50. The molecule has 1 N–H and O–H groups in total. The molecule has 0 unspecified atom stereocenters. The van der Waals surface area contributed by atoms with Crippen LogP contribution in [0.15, 0.2) is 52.9 Å². The summed E-state index contributed by atoms with van der Waals surface area (Å²) in [5.74, 6) is 0.520. The Morgan fingerprint density at radius 2 is 1.79 bits per heavy atom. The molecule has 2 aromatic carbocycles. The van der Waals surface area contributed by atoms with Gasteiger partial charge in [0.25, 0.3) is 0 Å². The molecule has 0 bridgehead atoms. The normalized spacial score (nSPS) is 10.4. The van der Waals surface area contributed by atoms with Gasteiger partial charge in [0, 0.05) is 11.3 Å². The quantitative estimate of drug-likeness (QED) is 0.774. The summed E-state index contributed by atoms with van der Waals surface area (Å²) in [5.41, 5.74) is 2.53. The molecular formula is C18H17N3O3. The monoisotopic (exact) mass is 323 g/mol. The molecule has 1 aromatic heterocycles. The van der Waals surface area contributed by atoms with Crippen molar-refractivity contribution in [3.63, 3.8) is 0 Å². The van der Waals surface area contributed by atoms with Crippen molar-refractivity contribution < 1.29 is 13.9 Å². The first-order valence-electron chi connectivity index (χ1n) is 7.60. The van der Waals surface area contributed by atoms with E-state index >= 15 is 0 Å². The second kappa shape index (κ2) is 6.95. The van der Waals surface area contributed by atoms with E-state index in [9.17, 15) is 4.79 Å². The van der Waals surface area contributed by atoms with Crippen LogP contribution in [0, 0.1) is 6.92 Å². The second-order valence-corrected chi connectivity index (χ2v) is 5.19. The molecule has 0 spiro atoms. The highest BCUT2D eigenvalue weighted by Gasteiger charge is 2.16. The summed E-state index contributed by atoms with van der Waals surface area (Å²) in [6, 6.07) is 14.7. The lowest BCUT2D eigenvalue weighted by Gasteiger charge is -2.05. The minimum absolute atomic E-state index is 0.0838. The Balaban J connectivity index is 1.70. The van der Waals surface area contributed by atoms with Crippen molar-refractivity contribution in [2.75, 3.05) is 11.9 Å². The molecule has 3 rings (SSSR count). The van der Waals surface area contributed by atoms with E-state index in [1.54, 1.807) is 24.3 Å². The van der Waals surface area contributed by atoms with Crippen LogP contribution in [-0.4, -0.2) is 22.7 Å². The van der Waals surface area contributed by atoms with E-state index in [0.29, 0.717) is 18.2 Å².